The van der Waals surface area contributed by atoms with E-state index in [0.717, 1.165) is 22.3 Å². The van der Waals surface area contributed by atoms with Gasteiger partial charge in [0, 0.05) is 11.2 Å². The van der Waals surface area contributed by atoms with Crippen molar-refractivity contribution in [2.24, 2.45) is 5.92 Å². The first-order valence-corrected chi connectivity index (χ1v) is 14.2. The number of para-hydroxylation sites is 1. The van der Waals surface area contributed by atoms with Gasteiger partial charge in [-0.25, -0.2) is 4.79 Å². The standard InChI is InChI=1S/C33H49N3O4/c1-12-33(10,11)36(30(38)27(19-21(2)3)35-31(39)40-32(7,8)9)28(25-18-17-22(4)20-24(25)6)29(37)34-26-16-14-13-15-23(26)5/h13-18,20-21,27-28H,12,19H2,1-11H3,(H,34,37)(H,35,39). The number of nitrogens with one attached hydrogen (secondary N) is 2. The Labute approximate surface area is 241 Å². The second kappa shape index (κ2) is 13.3. The van der Waals surface area contributed by atoms with Crippen LogP contribution in [-0.2, 0) is 14.3 Å². The number of ether oxygens (including phenoxy) is 1. The highest BCUT2D eigenvalue weighted by Crippen LogP contribution is 2.35. The summed E-state index contributed by atoms with van der Waals surface area (Å²) in [7, 11) is 0. The van der Waals surface area contributed by atoms with Crippen molar-refractivity contribution in [2.45, 2.75) is 112 Å². The van der Waals surface area contributed by atoms with Crippen LogP contribution in [0.5, 0.6) is 0 Å². The molecule has 0 aliphatic heterocycles. The van der Waals surface area contributed by atoms with Gasteiger partial charge < -0.3 is 20.3 Å². The van der Waals surface area contributed by atoms with E-state index in [1.165, 1.54) is 0 Å². The van der Waals surface area contributed by atoms with Crippen molar-refractivity contribution in [1.29, 1.82) is 0 Å². The number of carbonyl (C=O) groups is 3. The predicted molar refractivity (Wildman–Crippen MR) is 162 cm³/mol. The van der Waals surface area contributed by atoms with E-state index >= 15 is 0 Å². The molecule has 40 heavy (non-hydrogen) atoms. The molecule has 0 radical (unpaired) electrons. The lowest BCUT2D eigenvalue weighted by Crippen LogP contribution is -2.59. The SMILES string of the molecule is CCC(C)(C)N(C(=O)C(CC(C)C)NC(=O)OC(C)(C)C)C(C(=O)Nc1ccccc1C)c1ccc(C)cc1C. The molecule has 0 aliphatic rings. The van der Waals surface area contributed by atoms with Gasteiger partial charge in [-0.1, -0.05) is 62.7 Å². The Kier molecular flexibility index (Phi) is 11.0. The number of benzene rings is 2. The van der Waals surface area contributed by atoms with Gasteiger partial charge in [0.15, 0.2) is 0 Å². The maximum Gasteiger partial charge on any atom is 0.408 e. The second-order valence-electron chi connectivity index (χ2n) is 12.8. The van der Waals surface area contributed by atoms with Gasteiger partial charge in [0.25, 0.3) is 5.91 Å². The van der Waals surface area contributed by atoms with E-state index in [-0.39, 0.29) is 17.7 Å². The van der Waals surface area contributed by atoms with Gasteiger partial charge in [0.05, 0.1) is 0 Å². The molecule has 2 aromatic carbocycles. The van der Waals surface area contributed by atoms with E-state index in [0.29, 0.717) is 18.5 Å². The highest BCUT2D eigenvalue weighted by molar-refractivity contribution is 5.99. The minimum absolute atomic E-state index is 0.107. The van der Waals surface area contributed by atoms with Gasteiger partial charge in [-0.2, -0.15) is 0 Å². The van der Waals surface area contributed by atoms with Crippen molar-refractivity contribution in [3.05, 3.63) is 64.7 Å². The Balaban J connectivity index is 2.70. The van der Waals surface area contributed by atoms with Gasteiger partial charge >= 0.3 is 6.09 Å². The zero-order valence-corrected chi connectivity index (χ0v) is 26.3. The summed E-state index contributed by atoms with van der Waals surface area (Å²) >= 11 is 0. The number of rotatable bonds is 10. The average Bonchev–Trinajstić information content (AvgIpc) is 2.82. The van der Waals surface area contributed by atoms with Crippen LogP contribution in [0.15, 0.2) is 42.5 Å². The van der Waals surface area contributed by atoms with Gasteiger partial charge in [-0.05, 0) is 96.9 Å². The summed E-state index contributed by atoms with van der Waals surface area (Å²) in [6.45, 7) is 21.2. The molecule has 2 atom stereocenters. The molecule has 0 saturated heterocycles. The molecule has 0 aromatic heterocycles. The number of anilines is 1. The molecule has 0 spiro atoms. The van der Waals surface area contributed by atoms with Crippen molar-refractivity contribution in [3.63, 3.8) is 0 Å². The zero-order valence-electron chi connectivity index (χ0n) is 26.3. The van der Waals surface area contributed by atoms with Gasteiger partial charge in [-0.3, -0.25) is 9.59 Å². The smallest absolute Gasteiger partial charge is 0.408 e. The molecular weight excluding hydrogens is 502 g/mol. The lowest BCUT2D eigenvalue weighted by Gasteiger charge is -2.45. The van der Waals surface area contributed by atoms with Crippen LogP contribution in [0.2, 0.25) is 0 Å². The first kappa shape index (κ1) is 32.9. The summed E-state index contributed by atoms with van der Waals surface area (Å²) in [5.74, 6) is -0.524. The molecule has 2 unspecified atom stereocenters. The van der Waals surface area contributed by atoms with Gasteiger partial charge in [-0.15, -0.1) is 0 Å². The normalized spacial score (nSPS) is 13.4. The van der Waals surface area contributed by atoms with Crippen molar-refractivity contribution in [2.75, 3.05) is 5.32 Å². The van der Waals surface area contributed by atoms with E-state index in [1.54, 1.807) is 25.7 Å². The van der Waals surface area contributed by atoms with Crippen molar-refractivity contribution >= 4 is 23.6 Å². The summed E-state index contributed by atoms with van der Waals surface area (Å²) in [4.78, 5) is 43.4. The average molecular weight is 552 g/mol. The van der Waals surface area contributed by atoms with Crippen molar-refractivity contribution < 1.29 is 19.1 Å². The minimum Gasteiger partial charge on any atom is -0.444 e. The lowest BCUT2D eigenvalue weighted by atomic mass is 9.89. The summed E-state index contributed by atoms with van der Waals surface area (Å²) in [6, 6.07) is 11.7. The summed E-state index contributed by atoms with van der Waals surface area (Å²) in [5, 5.41) is 5.91. The fourth-order valence-corrected chi connectivity index (χ4v) is 4.70. The van der Waals surface area contributed by atoms with E-state index in [1.807, 2.05) is 97.9 Å². The predicted octanol–water partition coefficient (Wildman–Crippen LogP) is 7.25. The second-order valence-corrected chi connectivity index (χ2v) is 12.8. The Morgan fingerprint density at radius 1 is 0.925 bits per heavy atom. The monoisotopic (exact) mass is 551 g/mol. The quantitative estimate of drug-likeness (QED) is 0.326. The molecule has 0 fully saturated rings. The first-order chi connectivity index (χ1) is 18.5. The fourth-order valence-electron chi connectivity index (χ4n) is 4.70. The van der Waals surface area contributed by atoms with Crippen LogP contribution in [-0.4, -0.2) is 40.0 Å². The molecule has 0 heterocycles. The molecule has 7 heteroatoms. The maximum atomic E-state index is 14.6. The van der Waals surface area contributed by atoms with E-state index in [2.05, 4.69) is 10.6 Å². The van der Waals surface area contributed by atoms with Crippen LogP contribution >= 0.6 is 0 Å². The van der Waals surface area contributed by atoms with Crippen molar-refractivity contribution in [1.82, 2.24) is 10.2 Å². The number of aryl methyl sites for hydroxylation is 3. The third kappa shape index (κ3) is 8.83. The van der Waals surface area contributed by atoms with Crippen LogP contribution in [0.1, 0.15) is 96.5 Å². The van der Waals surface area contributed by atoms with E-state index in [4.69, 9.17) is 4.74 Å². The van der Waals surface area contributed by atoms with Crippen LogP contribution in [0.25, 0.3) is 0 Å². The Bertz CT molecular complexity index is 1200. The molecule has 0 bridgehead atoms. The summed E-state index contributed by atoms with van der Waals surface area (Å²) < 4.78 is 5.51. The Morgan fingerprint density at radius 2 is 1.55 bits per heavy atom. The molecule has 0 aliphatic carbocycles. The fraction of sp³-hybridized carbons (Fsp3) is 0.545. The number of hydrogen-bond acceptors (Lipinski definition) is 4. The maximum absolute atomic E-state index is 14.6. The molecule has 2 aromatic rings. The highest BCUT2D eigenvalue weighted by Gasteiger charge is 2.43. The van der Waals surface area contributed by atoms with Crippen LogP contribution in [0.4, 0.5) is 10.5 Å². The van der Waals surface area contributed by atoms with Crippen LogP contribution in [0.3, 0.4) is 0 Å². The molecule has 3 amide bonds. The summed E-state index contributed by atoms with van der Waals surface area (Å²) in [5.41, 5.74) is 2.90. The molecule has 2 N–H and O–H groups in total. The number of hydrogen-bond donors (Lipinski definition) is 2. The Morgan fingerprint density at radius 3 is 2.08 bits per heavy atom. The summed E-state index contributed by atoms with van der Waals surface area (Å²) in [6.07, 6.45) is 0.333. The lowest BCUT2D eigenvalue weighted by molar-refractivity contribution is -0.148. The molecule has 0 saturated carbocycles. The highest BCUT2D eigenvalue weighted by atomic mass is 16.6. The third-order valence-electron chi connectivity index (χ3n) is 7.08. The number of alkyl carbamates (subject to hydrolysis) is 1. The molecule has 220 valence electrons. The number of carbonyl (C=O) groups excluding carboxylic acids is 3. The largest absolute Gasteiger partial charge is 0.444 e. The molecular formula is C33H49N3O4. The number of nitrogens with zero attached hydrogens (tertiary/aromatic N) is 1. The zero-order chi connectivity index (χ0) is 30.4. The van der Waals surface area contributed by atoms with Gasteiger partial charge in [0.2, 0.25) is 5.91 Å². The van der Waals surface area contributed by atoms with E-state index < -0.39 is 29.3 Å². The minimum atomic E-state index is -0.933. The molecule has 2 rings (SSSR count). The van der Waals surface area contributed by atoms with Gasteiger partial charge in [0.1, 0.15) is 17.7 Å². The molecule has 7 nitrogen and oxygen atoms in total. The number of amides is 3. The third-order valence-corrected chi connectivity index (χ3v) is 7.08. The van der Waals surface area contributed by atoms with Crippen LogP contribution < -0.4 is 10.6 Å². The topological polar surface area (TPSA) is 87.7 Å². The Hall–Kier alpha value is -3.35. The van der Waals surface area contributed by atoms with E-state index in [9.17, 15) is 14.4 Å². The van der Waals surface area contributed by atoms with Crippen LogP contribution in [0, 0.1) is 26.7 Å². The first-order valence-electron chi connectivity index (χ1n) is 14.2. The van der Waals surface area contributed by atoms with Crippen molar-refractivity contribution in [3.8, 4) is 0 Å².